The van der Waals surface area contributed by atoms with Gasteiger partial charge in [-0.1, -0.05) is 68.8 Å². The molecular weight excluding hydrogens is 548 g/mol. The van der Waals surface area contributed by atoms with Crippen molar-refractivity contribution < 1.29 is 9.59 Å². The van der Waals surface area contributed by atoms with E-state index in [2.05, 4.69) is 36.3 Å². The van der Waals surface area contributed by atoms with Gasteiger partial charge < -0.3 is 10.2 Å². The van der Waals surface area contributed by atoms with Gasteiger partial charge >= 0.3 is 6.03 Å². The van der Waals surface area contributed by atoms with E-state index in [0.717, 1.165) is 40.3 Å². The number of aromatic nitrogens is 2. The lowest BCUT2D eigenvalue weighted by molar-refractivity contribution is -0.121. The number of carbonyl (C=O) groups is 2. The Balaban J connectivity index is 0.00000405. The Bertz CT molecular complexity index is 1540. The van der Waals surface area contributed by atoms with Crippen LogP contribution < -0.4 is 15.5 Å². The van der Waals surface area contributed by atoms with E-state index in [1.165, 1.54) is 0 Å². The number of piperazine rings is 1. The van der Waals surface area contributed by atoms with E-state index < -0.39 is 0 Å². The number of urea groups is 1. The van der Waals surface area contributed by atoms with Crippen molar-refractivity contribution in [3.63, 3.8) is 0 Å². The van der Waals surface area contributed by atoms with Gasteiger partial charge in [0.05, 0.1) is 17.9 Å². The van der Waals surface area contributed by atoms with Gasteiger partial charge in [0, 0.05) is 42.5 Å². The Morgan fingerprint density at radius 1 is 0.905 bits per heavy atom. The van der Waals surface area contributed by atoms with Gasteiger partial charge in [-0.2, -0.15) is 5.10 Å². The van der Waals surface area contributed by atoms with Crippen molar-refractivity contribution in [3.8, 4) is 5.69 Å². The summed E-state index contributed by atoms with van der Waals surface area (Å²) in [7, 11) is 0. The maximum absolute atomic E-state index is 13.0. The summed E-state index contributed by atoms with van der Waals surface area (Å²) in [5.74, 6) is 0.711. The van der Waals surface area contributed by atoms with E-state index >= 15 is 0 Å². The first-order chi connectivity index (χ1) is 19.6. The number of benzene rings is 3. The molecule has 1 aliphatic rings. The number of para-hydroxylation sites is 1. The highest BCUT2D eigenvalue weighted by molar-refractivity contribution is 5.99. The van der Waals surface area contributed by atoms with Gasteiger partial charge in [-0.15, -0.1) is 12.4 Å². The second-order valence-electron chi connectivity index (χ2n) is 11.7. The normalized spacial score (nSPS) is 13.9. The summed E-state index contributed by atoms with van der Waals surface area (Å²) >= 11 is 0. The Kier molecular flexibility index (Phi) is 9.39. The molecule has 2 N–H and O–H groups in total. The zero-order chi connectivity index (χ0) is 29.1. The number of aryl methyl sites for hydroxylation is 2. The van der Waals surface area contributed by atoms with Crippen molar-refractivity contribution in [2.24, 2.45) is 0 Å². The second kappa shape index (κ2) is 12.8. The molecular formula is C33H39ClN6O2. The standard InChI is InChI=1S/C33H38N6O2.ClH/c1-23-10-16-27(17-11-23)39-30(20-29(36-39)33(3,4)5)35-32(41)34-26-14-12-25(13-15-26)21-37-18-19-38(31(40)22-37)28-9-7-6-8-24(28)2;/h6-17,20H,18-19,21-22H2,1-5H3,(H2,34,35,41);1H. The highest BCUT2D eigenvalue weighted by Crippen LogP contribution is 2.27. The van der Waals surface area contributed by atoms with Crippen molar-refractivity contribution in [2.45, 2.75) is 46.6 Å². The van der Waals surface area contributed by atoms with E-state index in [9.17, 15) is 9.59 Å². The van der Waals surface area contributed by atoms with Gasteiger partial charge in [-0.05, 0) is 55.3 Å². The minimum Gasteiger partial charge on any atom is -0.310 e. The van der Waals surface area contributed by atoms with Gasteiger partial charge in [0.1, 0.15) is 5.82 Å². The predicted molar refractivity (Wildman–Crippen MR) is 172 cm³/mol. The minimum atomic E-state index is -0.343. The van der Waals surface area contributed by atoms with Crippen LogP contribution in [-0.2, 0) is 16.8 Å². The number of halogens is 1. The third kappa shape index (κ3) is 7.19. The molecule has 42 heavy (non-hydrogen) atoms. The number of rotatable bonds is 6. The van der Waals surface area contributed by atoms with E-state index in [0.29, 0.717) is 31.1 Å². The topological polar surface area (TPSA) is 82.5 Å². The molecule has 0 saturated carbocycles. The molecule has 9 heteroatoms. The molecule has 2 heterocycles. The number of amides is 3. The van der Waals surface area contributed by atoms with Gasteiger partial charge in [0.25, 0.3) is 0 Å². The maximum atomic E-state index is 13.0. The van der Waals surface area contributed by atoms with Crippen LogP contribution in [0.5, 0.6) is 0 Å². The summed E-state index contributed by atoms with van der Waals surface area (Å²) in [5, 5.41) is 10.7. The van der Waals surface area contributed by atoms with E-state index in [1.807, 2.05) is 97.6 Å². The fourth-order valence-corrected chi connectivity index (χ4v) is 4.93. The average molecular weight is 587 g/mol. The molecule has 8 nitrogen and oxygen atoms in total. The predicted octanol–water partition coefficient (Wildman–Crippen LogP) is 6.70. The first kappa shape index (κ1) is 30.8. The number of hydrogen-bond acceptors (Lipinski definition) is 4. The molecule has 0 spiro atoms. The van der Waals surface area contributed by atoms with Crippen LogP contribution >= 0.6 is 12.4 Å². The molecule has 220 valence electrons. The van der Waals surface area contributed by atoms with Crippen LogP contribution in [0, 0.1) is 13.8 Å². The molecule has 0 bridgehead atoms. The van der Waals surface area contributed by atoms with E-state index in [4.69, 9.17) is 5.10 Å². The highest BCUT2D eigenvalue weighted by Gasteiger charge is 2.26. The van der Waals surface area contributed by atoms with Crippen molar-refractivity contribution in [2.75, 3.05) is 35.2 Å². The molecule has 1 aliphatic heterocycles. The molecule has 4 aromatic rings. The molecule has 3 amide bonds. The average Bonchev–Trinajstić information content (AvgIpc) is 3.35. The van der Waals surface area contributed by atoms with Crippen molar-refractivity contribution in [3.05, 3.63) is 101 Å². The van der Waals surface area contributed by atoms with Crippen molar-refractivity contribution in [1.29, 1.82) is 0 Å². The van der Waals surface area contributed by atoms with Crippen molar-refractivity contribution in [1.82, 2.24) is 14.7 Å². The number of nitrogens with one attached hydrogen (secondary N) is 2. The smallest absolute Gasteiger partial charge is 0.310 e. The van der Waals surface area contributed by atoms with Crippen LogP contribution in [0.3, 0.4) is 0 Å². The van der Waals surface area contributed by atoms with Crippen molar-refractivity contribution >= 4 is 41.5 Å². The summed E-state index contributed by atoms with van der Waals surface area (Å²) in [6, 6.07) is 25.4. The highest BCUT2D eigenvalue weighted by atomic mass is 35.5. The lowest BCUT2D eigenvalue weighted by Crippen LogP contribution is -2.50. The molecule has 5 rings (SSSR count). The lowest BCUT2D eigenvalue weighted by atomic mass is 9.92. The Labute approximate surface area is 254 Å². The van der Waals surface area contributed by atoms with Crippen LogP contribution in [0.4, 0.5) is 22.0 Å². The summed E-state index contributed by atoms with van der Waals surface area (Å²) < 4.78 is 1.77. The summed E-state index contributed by atoms with van der Waals surface area (Å²) in [6.07, 6.45) is 0. The summed E-state index contributed by atoms with van der Waals surface area (Å²) in [6.45, 7) is 12.9. The molecule has 1 saturated heterocycles. The fraction of sp³-hybridized carbons (Fsp3) is 0.303. The largest absolute Gasteiger partial charge is 0.324 e. The van der Waals surface area contributed by atoms with Crippen LogP contribution in [0.15, 0.2) is 78.9 Å². The first-order valence-electron chi connectivity index (χ1n) is 14.0. The molecule has 1 aromatic heterocycles. The second-order valence-corrected chi connectivity index (χ2v) is 11.7. The fourth-order valence-electron chi connectivity index (χ4n) is 4.93. The molecule has 3 aromatic carbocycles. The lowest BCUT2D eigenvalue weighted by Gasteiger charge is -2.35. The zero-order valence-electron chi connectivity index (χ0n) is 24.8. The minimum absolute atomic E-state index is 0. The third-order valence-electron chi connectivity index (χ3n) is 7.32. The Hall–Kier alpha value is -4.14. The molecule has 0 atom stereocenters. The van der Waals surface area contributed by atoms with Gasteiger partial charge in [-0.3, -0.25) is 15.0 Å². The van der Waals surface area contributed by atoms with Gasteiger partial charge in [0.2, 0.25) is 5.91 Å². The zero-order valence-corrected chi connectivity index (χ0v) is 25.7. The molecule has 0 aliphatic carbocycles. The molecule has 0 unspecified atom stereocenters. The number of anilines is 3. The first-order valence-corrected chi connectivity index (χ1v) is 14.0. The van der Waals surface area contributed by atoms with E-state index in [1.54, 1.807) is 4.68 Å². The van der Waals surface area contributed by atoms with Crippen LogP contribution in [0.2, 0.25) is 0 Å². The quantitative estimate of drug-likeness (QED) is 0.263. The van der Waals surface area contributed by atoms with Crippen LogP contribution in [0.25, 0.3) is 5.69 Å². The van der Waals surface area contributed by atoms with Gasteiger partial charge in [0.15, 0.2) is 0 Å². The third-order valence-corrected chi connectivity index (χ3v) is 7.32. The number of hydrogen-bond donors (Lipinski definition) is 2. The van der Waals surface area contributed by atoms with Crippen LogP contribution in [0.1, 0.15) is 43.2 Å². The summed E-state index contributed by atoms with van der Waals surface area (Å²) in [5.41, 5.74) is 6.61. The van der Waals surface area contributed by atoms with Crippen LogP contribution in [-0.4, -0.2) is 46.3 Å². The number of carbonyl (C=O) groups excluding carboxylic acids is 2. The number of nitrogens with zero attached hydrogens (tertiary/aromatic N) is 4. The van der Waals surface area contributed by atoms with Gasteiger partial charge in [-0.25, -0.2) is 9.48 Å². The Morgan fingerprint density at radius 2 is 1.60 bits per heavy atom. The molecule has 1 fully saturated rings. The SMILES string of the molecule is Cc1ccc(-n2nc(C(C)(C)C)cc2NC(=O)Nc2ccc(CN3CCN(c4ccccc4C)C(=O)C3)cc2)cc1.Cl. The van der Waals surface area contributed by atoms with E-state index in [-0.39, 0.29) is 29.8 Å². The summed E-state index contributed by atoms with van der Waals surface area (Å²) in [4.78, 5) is 29.9. The maximum Gasteiger partial charge on any atom is 0.324 e. The Morgan fingerprint density at radius 3 is 2.24 bits per heavy atom. The monoisotopic (exact) mass is 586 g/mol. The molecule has 0 radical (unpaired) electrons.